The van der Waals surface area contributed by atoms with Gasteiger partial charge in [-0.2, -0.15) is 0 Å². The van der Waals surface area contributed by atoms with Gasteiger partial charge in [-0.15, -0.1) is 0 Å². The number of phenols is 1. The molecule has 0 radical (unpaired) electrons. The van der Waals surface area contributed by atoms with Crippen LogP contribution in [0.2, 0.25) is 0 Å². The van der Waals surface area contributed by atoms with Gasteiger partial charge in [0, 0.05) is 6.42 Å². The lowest BCUT2D eigenvalue weighted by Crippen LogP contribution is -1.86. The van der Waals surface area contributed by atoms with Crippen LogP contribution < -0.4 is 0 Å². The number of carbonyl (C=O) groups is 1. The highest BCUT2D eigenvalue weighted by molar-refractivity contribution is 5.66. The average molecular weight is 196 g/mol. The van der Waals surface area contributed by atoms with Crippen molar-refractivity contribution in [3.8, 4) is 5.75 Å². The Balaban J connectivity index is 0.000000292. The molecule has 78 valence electrons. The van der Waals surface area contributed by atoms with E-state index in [2.05, 4.69) is 0 Å². The molecule has 1 rings (SSSR count). The van der Waals surface area contributed by atoms with Crippen molar-refractivity contribution in [3.63, 3.8) is 0 Å². The van der Waals surface area contributed by atoms with Gasteiger partial charge in [0.2, 0.25) is 0 Å². The minimum atomic E-state index is -0.745. The van der Waals surface area contributed by atoms with E-state index in [4.69, 9.17) is 5.11 Å². The Labute approximate surface area is 84.0 Å². The third-order valence-corrected chi connectivity index (χ3v) is 1.74. The topological polar surface area (TPSA) is 57.5 Å². The van der Waals surface area contributed by atoms with Gasteiger partial charge in [-0.3, -0.25) is 4.79 Å². The van der Waals surface area contributed by atoms with E-state index in [1.54, 1.807) is 6.92 Å². The minimum absolute atomic E-state index is 0.222. The van der Waals surface area contributed by atoms with E-state index in [1.807, 2.05) is 32.0 Å². The molecule has 0 aliphatic rings. The lowest BCUT2D eigenvalue weighted by molar-refractivity contribution is -0.136. The van der Waals surface area contributed by atoms with Gasteiger partial charge >= 0.3 is 5.97 Å². The Hall–Kier alpha value is -1.51. The molecular formula is C11H16O3. The zero-order chi connectivity index (χ0) is 11.1. The molecule has 0 saturated heterocycles. The smallest absolute Gasteiger partial charge is 0.303 e. The zero-order valence-corrected chi connectivity index (χ0v) is 8.74. The van der Waals surface area contributed by atoms with Crippen LogP contribution in [-0.4, -0.2) is 16.2 Å². The normalized spacial score (nSPS) is 8.79. The first kappa shape index (κ1) is 12.5. The highest BCUT2D eigenvalue weighted by Gasteiger charge is 1.95. The number of hydrogen-bond acceptors (Lipinski definition) is 2. The van der Waals surface area contributed by atoms with Crippen molar-refractivity contribution < 1.29 is 15.0 Å². The van der Waals surface area contributed by atoms with Crippen molar-refractivity contribution in [1.29, 1.82) is 0 Å². The summed E-state index contributed by atoms with van der Waals surface area (Å²) in [6.45, 7) is 5.38. The maximum absolute atomic E-state index is 9.37. The molecule has 0 bridgehead atoms. The fourth-order valence-electron chi connectivity index (χ4n) is 0.806. The van der Waals surface area contributed by atoms with Crippen LogP contribution in [0.5, 0.6) is 5.75 Å². The second-order valence-electron chi connectivity index (χ2n) is 2.99. The Morgan fingerprint density at radius 3 is 1.86 bits per heavy atom. The molecule has 14 heavy (non-hydrogen) atoms. The summed E-state index contributed by atoms with van der Waals surface area (Å²) in [5.74, 6) is -0.331. The molecule has 0 unspecified atom stereocenters. The molecule has 2 N–H and O–H groups in total. The van der Waals surface area contributed by atoms with E-state index in [1.165, 1.54) is 0 Å². The zero-order valence-electron chi connectivity index (χ0n) is 8.74. The van der Waals surface area contributed by atoms with Gasteiger partial charge in [-0.05, 0) is 25.0 Å². The van der Waals surface area contributed by atoms with Gasteiger partial charge in [0.15, 0.2) is 0 Å². The molecule has 0 aromatic heterocycles. The Bertz CT molecular complexity index is 285. The number of aromatic hydroxyl groups is 1. The predicted molar refractivity (Wildman–Crippen MR) is 55.5 cm³/mol. The third-order valence-electron chi connectivity index (χ3n) is 1.74. The fourth-order valence-corrected chi connectivity index (χ4v) is 0.806. The lowest BCUT2D eigenvalue weighted by Gasteiger charge is -1.99. The Kier molecular flexibility index (Phi) is 5.37. The maximum atomic E-state index is 9.37. The monoisotopic (exact) mass is 196 g/mol. The van der Waals surface area contributed by atoms with Crippen LogP contribution in [0.1, 0.15) is 24.5 Å². The largest absolute Gasteiger partial charge is 0.507 e. The van der Waals surface area contributed by atoms with Gasteiger partial charge in [0.05, 0.1) is 0 Å². The number of carboxylic acids is 1. The minimum Gasteiger partial charge on any atom is -0.507 e. The van der Waals surface area contributed by atoms with Crippen molar-refractivity contribution in [2.45, 2.75) is 27.2 Å². The van der Waals surface area contributed by atoms with Crippen LogP contribution in [0.25, 0.3) is 0 Å². The number of para-hydroxylation sites is 1. The first-order valence-electron chi connectivity index (χ1n) is 4.46. The summed E-state index contributed by atoms with van der Waals surface area (Å²) < 4.78 is 0. The number of hydrogen-bond donors (Lipinski definition) is 2. The second-order valence-corrected chi connectivity index (χ2v) is 2.99. The molecule has 0 fully saturated rings. The number of aliphatic carboxylic acids is 1. The van der Waals surface area contributed by atoms with Crippen LogP contribution in [0.15, 0.2) is 18.2 Å². The summed E-state index contributed by atoms with van der Waals surface area (Å²) in [4.78, 5) is 9.37. The molecule has 1 aromatic carbocycles. The molecule has 0 aliphatic carbocycles. The quantitative estimate of drug-likeness (QED) is 0.725. The van der Waals surface area contributed by atoms with E-state index < -0.39 is 5.97 Å². The molecule has 0 atom stereocenters. The van der Waals surface area contributed by atoms with Crippen molar-refractivity contribution in [1.82, 2.24) is 0 Å². The summed E-state index contributed by atoms with van der Waals surface area (Å²) in [5, 5.41) is 16.9. The van der Waals surface area contributed by atoms with E-state index in [0.717, 1.165) is 11.1 Å². The van der Waals surface area contributed by atoms with E-state index in [0.29, 0.717) is 5.75 Å². The van der Waals surface area contributed by atoms with Crippen LogP contribution in [0.4, 0.5) is 0 Å². The predicted octanol–water partition coefficient (Wildman–Crippen LogP) is 2.49. The van der Waals surface area contributed by atoms with Crippen LogP contribution >= 0.6 is 0 Å². The van der Waals surface area contributed by atoms with E-state index in [9.17, 15) is 9.90 Å². The average Bonchev–Trinajstić information content (AvgIpc) is 2.15. The lowest BCUT2D eigenvalue weighted by atomic mass is 10.1. The highest BCUT2D eigenvalue weighted by Crippen LogP contribution is 2.19. The number of carboxylic acid groups (broad SMARTS) is 1. The first-order valence-corrected chi connectivity index (χ1v) is 4.46. The Morgan fingerprint density at radius 1 is 1.29 bits per heavy atom. The third kappa shape index (κ3) is 4.50. The first-order chi connectivity index (χ1) is 6.49. The Morgan fingerprint density at radius 2 is 1.64 bits per heavy atom. The van der Waals surface area contributed by atoms with Crippen LogP contribution in [-0.2, 0) is 4.79 Å². The summed E-state index contributed by atoms with van der Waals surface area (Å²) >= 11 is 0. The van der Waals surface area contributed by atoms with Crippen LogP contribution in [0, 0.1) is 13.8 Å². The van der Waals surface area contributed by atoms with Gasteiger partial charge < -0.3 is 10.2 Å². The SMILES string of the molecule is CCC(=O)O.Cc1cccc(C)c1O. The van der Waals surface area contributed by atoms with Gasteiger partial charge in [-0.1, -0.05) is 25.1 Å². The molecule has 3 heteroatoms. The van der Waals surface area contributed by atoms with Crippen molar-refractivity contribution in [2.24, 2.45) is 0 Å². The summed E-state index contributed by atoms with van der Waals surface area (Å²) in [6, 6.07) is 5.72. The van der Waals surface area contributed by atoms with Crippen molar-refractivity contribution in [2.75, 3.05) is 0 Å². The van der Waals surface area contributed by atoms with Crippen molar-refractivity contribution >= 4 is 5.97 Å². The molecule has 3 nitrogen and oxygen atoms in total. The summed E-state index contributed by atoms with van der Waals surface area (Å²) in [6.07, 6.45) is 0.222. The molecular weight excluding hydrogens is 180 g/mol. The summed E-state index contributed by atoms with van der Waals surface area (Å²) in [7, 11) is 0. The second kappa shape index (κ2) is 6.02. The highest BCUT2D eigenvalue weighted by atomic mass is 16.4. The van der Waals surface area contributed by atoms with E-state index in [-0.39, 0.29) is 6.42 Å². The van der Waals surface area contributed by atoms with Gasteiger partial charge in [-0.25, -0.2) is 0 Å². The molecule has 0 spiro atoms. The van der Waals surface area contributed by atoms with Gasteiger partial charge in [0.1, 0.15) is 5.75 Å². The van der Waals surface area contributed by atoms with Crippen molar-refractivity contribution in [3.05, 3.63) is 29.3 Å². The molecule has 0 saturated carbocycles. The summed E-state index contributed by atoms with van der Waals surface area (Å²) in [5.41, 5.74) is 1.88. The van der Waals surface area contributed by atoms with E-state index >= 15 is 0 Å². The number of aryl methyl sites for hydroxylation is 2. The van der Waals surface area contributed by atoms with Gasteiger partial charge in [0.25, 0.3) is 0 Å². The number of benzene rings is 1. The standard InChI is InChI=1S/C8H10O.C3H6O2/c1-6-4-3-5-7(2)8(6)9;1-2-3(4)5/h3-5,9H,1-2H3;2H2,1H3,(H,4,5). The molecule has 0 aliphatic heterocycles. The maximum Gasteiger partial charge on any atom is 0.303 e. The molecule has 1 aromatic rings. The molecule has 0 amide bonds. The fraction of sp³-hybridized carbons (Fsp3) is 0.364. The number of phenolic OH excluding ortho intramolecular Hbond substituents is 1. The molecule has 0 heterocycles. The number of rotatable bonds is 1. The van der Waals surface area contributed by atoms with Crippen LogP contribution in [0.3, 0.4) is 0 Å².